The predicted octanol–water partition coefficient (Wildman–Crippen LogP) is 1.58. The van der Waals surface area contributed by atoms with Gasteiger partial charge < -0.3 is 10.1 Å². The molecule has 0 aliphatic rings. The van der Waals surface area contributed by atoms with Gasteiger partial charge in [0, 0.05) is 0 Å². The van der Waals surface area contributed by atoms with E-state index in [1.165, 1.54) is 0 Å². The van der Waals surface area contributed by atoms with E-state index in [1.54, 1.807) is 6.92 Å². The van der Waals surface area contributed by atoms with Gasteiger partial charge in [0.1, 0.15) is 5.75 Å². The van der Waals surface area contributed by atoms with Crippen molar-refractivity contribution >= 4 is 5.91 Å². The fraction of sp³-hybridized carbons (Fsp3) is 0.429. The largest absolute Gasteiger partial charge is 0.483 e. The number of aromatic nitrogens is 4. The van der Waals surface area contributed by atoms with Gasteiger partial charge in [0.15, 0.2) is 12.4 Å². The molecule has 0 saturated heterocycles. The lowest BCUT2D eigenvalue weighted by atomic mass is 10.0. The first-order valence-electron chi connectivity index (χ1n) is 6.82. The van der Waals surface area contributed by atoms with E-state index in [9.17, 15) is 4.79 Å². The van der Waals surface area contributed by atoms with Crippen LogP contribution in [-0.2, 0) is 4.79 Å². The van der Waals surface area contributed by atoms with Crippen molar-refractivity contribution in [2.24, 2.45) is 0 Å². The number of hydrogen-bond acceptors (Lipinski definition) is 5. The van der Waals surface area contributed by atoms with E-state index in [4.69, 9.17) is 4.74 Å². The molecule has 0 fully saturated rings. The number of rotatable bonds is 6. The maximum Gasteiger partial charge on any atom is 0.258 e. The number of aromatic amines is 1. The summed E-state index contributed by atoms with van der Waals surface area (Å²) in [7, 11) is 0. The molecule has 1 heterocycles. The maximum absolute atomic E-state index is 11.9. The summed E-state index contributed by atoms with van der Waals surface area (Å²) in [6, 6.07) is 7.40. The van der Waals surface area contributed by atoms with Crippen molar-refractivity contribution < 1.29 is 9.53 Å². The SMILES string of the molecule is CC(C)c1ccccc1OCC(=O)NC(C)c1nn[nH]n1. The first kappa shape index (κ1) is 15.0. The lowest BCUT2D eigenvalue weighted by molar-refractivity contribution is -0.123. The van der Waals surface area contributed by atoms with Gasteiger partial charge in [-0.3, -0.25) is 4.79 Å². The third-order valence-electron chi connectivity index (χ3n) is 3.03. The highest BCUT2D eigenvalue weighted by Gasteiger charge is 2.14. The van der Waals surface area contributed by atoms with Gasteiger partial charge in [-0.15, -0.1) is 10.2 Å². The molecular formula is C14H19N5O2. The predicted molar refractivity (Wildman–Crippen MR) is 76.8 cm³/mol. The summed E-state index contributed by atoms with van der Waals surface area (Å²) in [6.45, 7) is 5.90. The second-order valence-electron chi connectivity index (χ2n) is 5.04. The minimum Gasteiger partial charge on any atom is -0.483 e. The molecule has 0 bridgehead atoms. The van der Waals surface area contributed by atoms with E-state index >= 15 is 0 Å². The van der Waals surface area contributed by atoms with E-state index in [0.717, 1.165) is 11.3 Å². The second-order valence-corrected chi connectivity index (χ2v) is 5.04. The summed E-state index contributed by atoms with van der Waals surface area (Å²) in [4.78, 5) is 11.9. The van der Waals surface area contributed by atoms with Crippen LogP contribution in [0.1, 0.15) is 44.1 Å². The highest BCUT2D eigenvalue weighted by atomic mass is 16.5. The molecule has 0 spiro atoms. The standard InChI is InChI=1S/C14H19N5O2/c1-9(2)11-6-4-5-7-12(11)21-8-13(20)15-10(3)14-16-18-19-17-14/h4-7,9-10H,8H2,1-3H3,(H,15,20)(H,16,17,18,19). The van der Waals surface area contributed by atoms with Crippen molar-refractivity contribution in [2.45, 2.75) is 32.7 Å². The lowest BCUT2D eigenvalue weighted by Crippen LogP contribution is -2.32. The number of nitrogens with zero attached hydrogens (tertiary/aromatic N) is 3. The van der Waals surface area contributed by atoms with Gasteiger partial charge in [0.25, 0.3) is 5.91 Å². The van der Waals surface area contributed by atoms with Crippen LogP contribution in [0.4, 0.5) is 0 Å². The highest BCUT2D eigenvalue weighted by Crippen LogP contribution is 2.25. The van der Waals surface area contributed by atoms with Crippen LogP contribution in [0.3, 0.4) is 0 Å². The fourth-order valence-corrected chi connectivity index (χ4v) is 1.93. The van der Waals surface area contributed by atoms with Crippen LogP contribution in [0.5, 0.6) is 5.75 Å². The van der Waals surface area contributed by atoms with Crippen molar-refractivity contribution in [3.05, 3.63) is 35.7 Å². The zero-order valence-corrected chi connectivity index (χ0v) is 12.3. The summed E-state index contributed by atoms with van der Waals surface area (Å²) in [5, 5.41) is 16.2. The summed E-state index contributed by atoms with van der Waals surface area (Å²) in [6.07, 6.45) is 0. The van der Waals surface area contributed by atoms with Crippen LogP contribution in [0, 0.1) is 0 Å². The number of carbonyl (C=O) groups is 1. The zero-order chi connectivity index (χ0) is 15.2. The Morgan fingerprint density at radius 1 is 1.33 bits per heavy atom. The van der Waals surface area contributed by atoms with E-state index in [1.807, 2.05) is 24.3 Å². The van der Waals surface area contributed by atoms with Crippen LogP contribution in [0.15, 0.2) is 24.3 Å². The van der Waals surface area contributed by atoms with Crippen LogP contribution in [0.25, 0.3) is 0 Å². The van der Waals surface area contributed by atoms with Crippen molar-refractivity contribution in [1.82, 2.24) is 25.9 Å². The summed E-state index contributed by atoms with van der Waals surface area (Å²) in [5.41, 5.74) is 1.08. The molecular weight excluding hydrogens is 270 g/mol. The molecule has 7 nitrogen and oxygen atoms in total. The van der Waals surface area contributed by atoms with Crippen molar-refractivity contribution in [3.63, 3.8) is 0 Å². The number of amides is 1. The maximum atomic E-state index is 11.9. The van der Waals surface area contributed by atoms with Crippen molar-refractivity contribution in [2.75, 3.05) is 6.61 Å². The first-order valence-corrected chi connectivity index (χ1v) is 6.82. The number of H-pyrrole nitrogens is 1. The average molecular weight is 289 g/mol. The van der Waals surface area contributed by atoms with Crippen molar-refractivity contribution in [1.29, 1.82) is 0 Å². The number of para-hydroxylation sites is 1. The topological polar surface area (TPSA) is 92.8 Å². The molecule has 1 aromatic heterocycles. The van der Waals surface area contributed by atoms with Gasteiger partial charge in [-0.1, -0.05) is 37.3 Å². The minimum atomic E-state index is -0.319. The molecule has 1 aromatic carbocycles. The monoisotopic (exact) mass is 289 g/mol. The summed E-state index contributed by atoms with van der Waals surface area (Å²) < 4.78 is 5.60. The molecule has 0 radical (unpaired) electrons. The van der Waals surface area contributed by atoms with Crippen molar-refractivity contribution in [3.8, 4) is 5.75 Å². The molecule has 7 heteroatoms. The Labute approximate surface area is 123 Å². The Morgan fingerprint density at radius 2 is 2.10 bits per heavy atom. The van der Waals surface area contributed by atoms with E-state index < -0.39 is 0 Å². The second kappa shape index (κ2) is 6.83. The van der Waals surface area contributed by atoms with Gasteiger partial charge in [-0.2, -0.15) is 5.21 Å². The summed E-state index contributed by atoms with van der Waals surface area (Å²) in [5.74, 6) is 1.27. The third kappa shape index (κ3) is 4.01. The Hall–Kier alpha value is -2.44. The van der Waals surface area contributed by atoms with Crippen LogP contribution in [0.2, 0.25) is 0 Å². The van der Waals surface area contributed by atoms with E-state index in [2.05, 4.69) is 39.8 Å². The van der Waals surface area contributed by atoms with Crippen LogP contribution in [-0.4, -0.2) is 33.1 Å². The smallest absolute Gasteiger partial charge is 0.258 e. The number of ether oxygens (including phenoxy) is 1. The van der Waals surface area contributed by atoms with Gasteiger partial charge in [-0.05, 0) is 24.5 Å². The number of hydrogen-bond donors (Lipinski definition) is 2. The third-order valence-corrected chi connectivity index (χ3v) is 3.03. The molecule has 2 rings (SSSR count). The molecule has 1 amide bonds. The number of tetrazole rings is 1. The molecule has 21 heavy (non-hydrogen) atoms. The first-order chi connectivity index (χ1) is 10.1. The quantitative estimate of drug-likeness (QED) is 0.842. The number of carbonyl (C=O) groups excluding carboxylic acids is 1. The lowest BCUT2D eigenvalue weighted by Gasteiger charge is -2.14. The molecule has 2 N–H and O–H groups in total. The van der Waals surface area contributed by atoms with Gasteiger partial charge >= 0.3 is 0 Å². The normalized spacial score (nSPS) is 12.2. The van der Waals surface area contributed by atoms with Gasteiger partial charge in [0.05, 0.1) is 6.04 Å². The average Bonchev–Trinajstić information content (AvgIpc) is 2.99. The molecule has 0 aliphatic heterocycles. The Bertz CT molecular complexity index is 583. The van der Waals surface area contributed by atoms with Gasteiger partial charge in [0.2, 0.25) is 0 Å². The highest BCUT2D eigenvalue weighted by molar-refractivity contribution is 5.77. The Balaban J connectivity index is 1.90. The van der Waals surface area contributed by atoms with E-state index in [0.29, 0.717) is 11.7 Å². The zero-order valence-electron chi connectivity index (χ0n) is 12.3. The van der Waals surface area contributed by atoms with Crippen LogP contribution >= 0.6 is 0 Å². The molecule has 1 atom stereocenters. The van der Waals surface area contributed by atoms with Crippen LogP contribution < -0.4 is 10.1 Å². The molecule has 0 saturated carbocycles. The minimum absolute atomic E-state index is 0.0497. The number of nitrogens with one attached hydrogen (secondary N) is 2. The molecule has 2 aromatic rings. The number of benzene rings is 1. The van der Waals surface area contributed by atoms with E-state index in [-0.39, 0.29) is 18.6 Å². The molecule has 112 valence electrons. The Morgan fingerprint density at radius 3 is 2.76 bits per heavy atom. The molecule has 0 aliphatic carbocycles. The van der Waals surface area contributed by atoms with Gasteiger partial charge in [-0.25, -0.2) is 0 Å². The fourth-order valence-electron chi connectivity index (χ4n) is 1.93. The summed E-state index contributed by atoms with van der Waals surface area (Å²) >= 11 is 0. The Kier molecular flexibility index (Phi) is 4.86. The molecule has 1 unspecified atom stereocenters.